The van der Waals surface area contributed by atoms with Crippen LogP contribution in [0, 0.1) is 17.8 Å². The Morgan fingerprint density at radius 3 is 2.20 bits per heavy atom. The van der Waals surface area contributed by atoms with Gasteiger partial charge < -0.3 is 24.3 Å². The van der Waals surface area contributed by atoms with Gasteiger partial charge in [0, 0.05) is 19.7 Å². The van der Waals surface area contributed by atoms with Gasteiger partial charge in [-0.3, -0.25) is 9.59 Å². The average Bonchev–Trinajstić information content (AvgIpc) is 3.04. The van der Waals surface area contributed by atoms with Crippen LogP contribution in [0.3, 0.4) is 0 Å². The summed E-state index contributed by atoms with van der Waals surface area (Å²) in [6.45, 7) is 2.65. The van der Waals surface area contributed by atoms with E-state index in [4.69, 9.17) is 18.9 Å². The van der Waals surface area contributed by atoms with Gasteiger partial charge in [0.1, 0.15) is 11.5 Å². The molecule has 1 unspecified atom stereocenters. The van der Waals surface area contributed by atoms with Crippen LogP contribution < -0.4 is 14.8 Å². The number of anilines is 1. The SMILES string of the molecule is CCOC(OC)Oc1cc(C23CC4CC(CC(C4)C2)C3)cc(-c2cccc3ccccc23)c1C(=O)Nc1ccc(OC(C)=O)cc1. The topological polar surface area (TPSA) is 83.1 Å². The molecule has 1 N–H and O–H groups in total. The normalized spacial score (nSPS) is 23.7. The molecule has 4 bridgehead atoms. The molecule has 7 heteroatoms. The number of amides is 1. The van der Waals surface area contributed by atoms with Crippen LogP contribution >= 0.6 is 0 Å². The van der Waals surface area contributed by atoms with Gasteiger partial charge in [0.15, 0.2) is 0 Å². The zero-order chi connectivity index (χ0) is 31.8. The minimum atomic E-state index is -0.980. The minimum absolute atomic E-state index is 0.0575. The second-order valence-corrected chi connectivity index (χ2v) is 13.3. The van der Waals surface area contributed by atoms with Crippen molar-refractivity contribution in [1.29, 1.82) is 0 Å². The number of carbonyl (C=O) groups is 2. The zero-order valence-corrected chi connectivity index (χ0v) is 26.7. The molecule has 4 aliphatic rings. The summed E-state index contributed by atoms with van der Waals surface area (Å²) >= 11 is 0. The van der Waals surface area contributed by atoms with Gasteiger partial charge in [-0.1, -0.05) is 42.5 Å². The Bertz CT molecular complexity index is 1720. The maximum atomic E-state index is 14.5. The number of nitrogens with one attached hydrogen (secondary N) is 1. The maximum Gasteiger partial charge on any atom is 0.315 e. The first-order valence-electron chi connectivity index (χ1n) is 16.4. The quantitative estimate of drug-likeness (QED) is 0.109. The van der Waals surface area contributed by atoms with Crippen molar-refractivity contribution in [3.63, 3.8) is 0 Å². The molecule has 0 aromatic heterocycles. The number of hydrogen-bond acceptors (Lipinski definition) is 6. The standard InChI is InChI=1S/C39H41NO6/c1-4-44-38(43-3)46-35-20-29(39-21-25-16-26(22-39)18-27(17-25)23-39)19-34(33-11-7-9-28-8-5-6-10-32(28)33)36(35)37(42)40-30-12-14-31(15-13-30)45-24(2)41/h5-15,19-20,25-27,38H,4,16-18,21-23H2,1-3H3,(H,40,42). The molecule has 4 saturated carbocycles. The lowest BCUT2D eigenvalue weighted by Gasteiger charge is -2.57. The fourth-order valence-electron chi connectivity index (χ4n) is 8.74. The number of hydrogen-bond donors (Lipinski definition) is 1. The van der Waals surface area contributed by atoms with Crippen LogP contribution in [0.1, 0.15) is 68.3 Å². The number of methoxy groups -OCH3 is 1. The monoisotopic (exact) mass is 619 g/mol. The predicted molar refractivity (Wildman–Crippen MR) is 178 cm³/mol. The Balaban J connectivity index is 1.40. The molecule has 0 heterocycles. The maximum absolute atomic E-state index is 14.5. The van der Waals surface area contributed by atoms with Crippen LogP contribution in [0.5, 0.6) is 11.5 Å². The second-order valence-electron chi connectivity index (χ2n) is 13.3. The van der Waals surface area contributed by atoms with Gasteiger partial charge in [-0.2, -0.15) is 0 Å². The highest BCUT2D eigenvalue weighted by atomic mass is 16.8. The van der Waals surface area contributed by atoms with E-state index in [0.717, 1.165) is 39.7 Å². The molecule has 0 aliphatic heterocycles. The van der Waals surface area contributed by atoms with Crippen LogP contribution in [0.2, 0.25) is 0 Å². The van der Waals surface area contributed by atoms with Crippen molar-refractivity contribution < 1.29 is 28.5 Å². The molecule has 1 atom stereocenters. The van der Waals surface area contributed by atoms with Crippen molar-refractivity contribution in [1.82, 2.24) is 0 Å². The minimum Gasteiger partial charge on any atom is -0.440 e. The Morgan fingerprint density at radius 2 is 1.54 bits per heavy atom. The number of rotatable bonds is 10. The van der Waals surface area contributed by atoms with E-state index < -0.39 is 12.4 Å². The summed E-state index contributed by atoms with van der Waals surface area (Å²) < 4.78 is 23.0. The largest absolute Gasteiger partial charge is 0.440 e. The summed E-state index contributed by atoms with van der Waals surface area (Å²) in [4.78, 5) is 25.9. The Kier molecular flexibility index (Phi) is 8.30. The Labute approximate surface area is 270 Å². The van der Waals surface area contributed by atoms with E-state index in [2.05, 4.69) is 41.7 Å². The molecule has 0 saturated heterocycles. The Hall–Kier alpha value is -4.20. The van der Waals surface area contributed by atoms with Crippen LogP contribution in [-0.4, -0.2) is 32.1 Å². The molecule has 7 nitrogen and oxygen atoms in total. The van der Waals surface area contributed by atoms with Crippen molar-refractivity contribution in [2.75, 3.05) is 19.0 Å². The molecule has 4 fully saturated rings. The van der Waals surface area contributed by atoms with Gasteiger partial charge >= 0.3 is 12.4 Å². The third-order valence-corrected chi connectivity index (χ3v) is 10.2. The predicted octanol–water partition coefficient (Wildman–Crippen LogP) is 8.50. The van der Waals surface area contributed by atoms with E-state index in [0.29, 0.717) is 29.4 Å². The molecule has 0 spiro atoms. The highest BCUT2D eigenvalue weighted by Crippen LogP contribution is 2.61. The molecular weight excluding hydrogens is 578 g/mol. The highest BCUT2D eigenvalue weighted by Gasteiger charge is 2.52. The fourth-order valence-corrected chi connectivity index (χ4v) is 8.74. The molecule has 1 amide bonds. The molecule has 46 heavy (non-hydrogen) atoms. The van der Waals surface area contributed by atoms with Gasteiger partial charge in [-0.15, -0.1) is 0 Å². The summed E-state index contributed by atoms with van der Waals surface area (Å²) in [5, 5.41) is 5.23. The van der Waals surface area contributed by atoms with E-state index in [1.165, 1.54) is 51.0 Å². The molecule has 0 radical (unpaired) electrons. The van der Waals surface area contributed by atoms with Crippen molar-refractivity contribution >= 4 is 28.3 Å². The van der Waals surface area contributed by atoms with E-state index in [9.17, 15) is 9.59 Å². The summed E-state index contributed by atoms with van der Waals surface area (Å²) in [6, 6.07) is 25.6. The molecule has 4 aliphatic carbocycles. The van der Waals surface area contributed by atoms with Crippen molar-refractivity contribution in [2.45, 2.75) is 64.3 Å². The zero-order valence-electron chi connectivity index (χ0n) is 26.7. The number of ether oxygens (including phenoxy) is 4. The summed E-state index contributed by atoms with van der Waals surface area (Å²) in [6.07, 6.45) is 7.54. The van der Waals surface area contributed by atoms with Gasteiger partial charge in [0.2, 0.25) is 0 Å². The summed E-state index contributed by atoms with van der Waals surface area (Å²) in [5.74, 6) is 2.39. The fraction of sp³-hybridized carbons (Fsp3) is 0.385. The van der Waals surface area contributed by atoms with Crippen LogP contribution in [0.4, 0.5) is 5.69 Å². The van der Waals surface area contributed by atoms with E-state index in [1.54, 1.807) is 31.4 Å². The molecule has 8 rings (SSSR count). The number of benzene rings is 4. The Morgan fingerprint density at radius 1 is 0.870 bits per heavy atom. The third kappa shape index (κ3) is 5.90. The molecular formula is C39H41NO6. The van der Waals surface area contributed by atoms with E-state index >= 15 is 0 Å². The smallest absolute Gasteiger partial charge is 0.315 e. The lowest BCUT2D eigenvalue weighted by molar-refractivity contribution is -0.231. The van der Waals surface area contributed by atoms with Gasteiger partial charge in [0.05, 0.1) is 12.2 Å². The highest BCUT2D eigenvalue weighted by molar-refractivity contribution is 6.13. The summed E-state index contributed by atoms with van der Waals surface area (Å²) in [5.41, 5.74) is 4.06. The van der Waals surface area contributed by atoms with Gasteiger partial charge in [-0.05, 0) is 132 Å². The first-order valence-corrected chi connectivity index (χ1v) is 16.4. The van der Waals surface area contributed by atoms with Crippen molar-refractivity contribution in [3.05, 3.63) is 90.0 Å². The van der Waals surface area contributed by atoms with Crippen LogP contribution in [0.25, 0.3) is 21.9 Å². The van der Waals surface area contributed by atoms with Crippen molar-refractivity contribution in [3.8, 4) is 22.6 Å². The third-order valence-electron chi connectivity index (χ3n) is 10.2. The second kappa shape index (κ2) is 12.5. The van der Waals surface area contributed by atoms with E-state index in [1.807, 2.05) is 25.1 Å². The molecule has 4 aromatic carbocycles. The molecule has 238 valence electrons. The van der Waals surface area contributed by atoms with Crippen LogP contribution in [0.15, 0.2) is 78.9 Å². The number of esters is 1. The first kappa shape index (κ1) is 30.5. The van der Waals surface area contributed by atoms with Gasteiger partial charge in [-0.25, -0.2) is 0 Å². The average molecular weight is 620 g/mol. The molecule has 4 aromatic rings. The lowest BCUT2D eigenvalue weighted by atomic mass is 9.48. The van der Waals surface area contributed by atoms with Crippen LogP contribution in [-0.2, 0) is 19.7 Å². The first-order chi connectivity index (χ1) is 22.3. The van der Waals surface area contributed by atoms with Crippen molar-refractivity contribution in [2.24, 2.45) is 17.8 Å². The summed E-state index contributed by atoms with van der Waals surface area (Å²) in [7, 11) is 1.54. The van der Waals surface area contributed by atoms with Gasteiger partial charge in [0.25, 0.3) is 5.91 Å². The number of carbonyl (C=O) groups excluding carboxylic acids is 2. The lowest BCUT2D eigenvalue weighted by Crippen LogP contribution is -2.48. The number of fused-ring (bicyclic) bond motifs is 1. The van der Waals surface area contributed by atoms with E-state index in [-0.39, 0.29) is 11.3 Å².